The number of hydrogen-bond donors (Lipinski definition) is 1. The van der Waals surface area contributed by atoms with Crippen molar-refractivity contribution in [2.75, 3.05) is 44.2 Å². The maximum atomic E-state index is 12.4. The molecule has 5 nitrogen and oxygen atoms in total. The van der Waals surface area contributed by atoms with E-state index in [1.165, 1.54) is 0 Å². The molecule has 0 unspecified atom stereocenters. The molecule has 124 valence electrons. The van der Waals surface area contributed by atoms with E-state index >= 15 is 0 Å². The molecule has 1 amide bonds. The number of pyridine rings is 1. The molecule has 2 aliphatic rings. The van der Waals surface area contributed by atoms with Crippen molar-refractivity contribution in [3.8, 4) is 0 Å². The minimum Gasteiger partial charge on any atom is -0.353 e. The average molecular weight is 347 g/mol. The van der Waals surface area contributed by atoms with Crippen molar-refractivity contribution in [1.82, 2.24) is 15.2 Å². The highest BCUT2D eigenvalue weighted by Gasteiger charge is 2.28. The zero-order chi connectivity index (χ0) is 13.8. The van der Waals surface area contributed by atoms with Gasteiger partial charge < -0.3 is 15.1 Å². The van der Waals surface area contributed by atoms with Crippen molar-refractivity contribution in [2.24, 2.45) is 5.92 Å². The Morgan fingerprint density at radius 3 is 2.55 bits per heavy atom. The number of piperazine rings is 1. The van der Waals surface area contributed by atoms with E-state index in [2.05, 4.69) is 15.2 Å². The second-order valence-electron chi connectivity index (χ2n) is 5.54. The average Bonchev–Trinajstić information content (AvgIpc) is 2.56. The molecule has 0 aliphatic carbocycles. The number of piperidine rings is 1. The summed E-state index contributed by atoms with van der Waals surface area (Å²) in [6.07, 6.45) is 3.97. The van der Waals surface area contributed by atoms with Gasteiger partial charge in [-0.25, -0.2) is 4.98 Å². The fraction of sp³-hybridized carbons (Fsp3) is 0.600. The number of nitrogens with one attached hydrogen (secondary N) is 1. The molecule has 22 heavy (non-hydrogen) atoms. The third kappa shape index (κ3) is 4.48. The molecule has 1 aromatic heterocycles. The van der Waals surface area contributed by atoms with Crippen LogP contribution in [0.2, 0.25) is 0 Å². The number of halogens is 2. The molecule has 2 saturated heterocycles. The largest absolute Gasteiger partial charge is 0.353 e. The fourth-order valence-corrected chi connectivity index (χ4v) is 3.02. The van der Waals surface area contributed by atoms with Crippen molar-refractivity contribution >= 4 is 36.5 Å². The smallest absolute Gasteiger partial charge is 0.227 e. The van der Waals surface area contributed by atoms with Gasteiger partial charge in [-0.05, 0) is 31.5 Å². The van der Waals surface area contributed by atoms with E-state index < -0.39 is 0 Å². The van der Waals surface area contributed by atoms with E-state index in [-0.39, 0.29) is 30.7 Å². The first-order chi connectivity index (χ1) is 9.84. The molecular weight excluding hydrogens is 323 g/mol. The number of rotatable bonds is 2. The Morgan fingerprint density at radius 1 is 1.18 bits per heavy atom. The van der Waals surface area contributed by atoms with Crippen LogP contribution in [0.15, 0.2) is 24.4 Å². The molecular formula is C15H24Cl2N4O. The van der Waals surface area contributed by atoms with Gasteiger partial charge >= 0.3 is 0 Å². The maximum absolute atomic E-state index is 12.4. The highest BCUT2D eigenvalue weighted by atomic mass is 35.5. The summed E-state index contributed by atoms with van der Waals surface area (Å²) in [5.74, 6) is 1.53. The Hall–Kier alpha value is -1.04. The molecule has 1 atom stereocenters. The lowest BCUT2D eigenvalue weighted by molar-refractivity contribution is -0.136. The first-order valence-electron chi connectivity index (χ1n) is 7.50. The topological polar surface area (TPSA) is 48.5 Å². The van der Waals surface area contributed by atoms with Gasteiger partial charge in [0.2, 0.25) is 5.91 Å². The van der Waals surface area contributed by atoms with E-state index in [0.717, 1.165) is 57.9 Å². The first-order valence-corrected chi connectivity index (χ1v) is 7.50. The van der Waals surface area contributed by atoms with Crippen LogP contribution >= 0.6 is 24.8 Å². The quantitative estimate of drug-likeness (QED) is 0.882. The lowest BCUT2D eigenvalue weighted by Crippen LogP contribution is -2.52. The summed E-state index contributed by atoms with van der Waals surface area (Å²) >= 11 is 0. The monoisotopic (exact) mass is 346 g/mol. The standard InChI is InChI=1S/C15H22N4O.2ClH/c20-15(13-4-3-6-16-12-13)19-10-8-18(9-11-19)14-5-1-2-7-17-14;;/h1-2,5,7,13,16H,3-4,6,8-12H2;2*1H/t13-;;/m1../s1. The second-order valence-corrected chi connectivity index (χ2v) is 5.54. The highest BCUT2D eigenvalue weighted by molar-refractivity contribution is 5.85. The molecule has 3 heterocycles. The maximum Gasteiger partial charge on any atom is 0.227 e. The van der Waals surface area contributed by atoms with Crippen LogP contribution in [0, 0.1) is 5.92 Å². The lowest BCUT2D eigenvalue weighted by Gasteiger charge is -2.37. The lowest BCUT2D eigenvalue weighted by atomic mass is 9.98. The summed E-state index contributed by atoms with van der Waals surface area (Å²) in [6, 6.07) is 5.97. The van der Waals surface area contributed by atoms with E-state index in [1.807, 2.05) is 29.3 Å². The number of aromatic nitrogens is 1. The zero-order valence-electron chi connectivity index (χ0n) is 12.6. The Labute approximate surface area is 144 Å². The minimum absolute atomic E-state index is 0. The zero-order valence-corrected chi connectivity index (χ0v) is 14.2. The van der Waals surface area contributed by atoms with E-state index in [1.54, 1.807) is 0 Å². The van der Waals surface area contributed by atoms with Gasteiger partial charge in [-0.15, -0.1) is 24.8 Å². The molecule has 3 rings (SSSR count). The minimum atomic E-state index is 0. The molecule has 1 N–H and O–H groups in total. The summed E-state index contributed by atoms with van der Waals surface area (Å²) in [7, 11) is 0. The molecule has 7 heteroatoms. The van der Waals surface area contributed by atoms with Gasteiger partial charge in [0.15, 0.2) is 0 Å². The molecule has 1 aromatic rings. The third-order valence-electron chi connectivity index (χ3n) is 4.21. The third-order valence-corrected chi connectivity index (χ3v) is 4.21. The predicted molar refractivity (Wildman–Crippen MR) is 93.1 cm³/mol. The summed E-state index contributed by atoms with van der Waals surface area (Å²) < 4.78 is 0. The number of anilines is 1. The van der Waals surface area contributed by atoms with Gasteiger partial charge in [0, 0.05) is 38.9 Å². The van der Waals surface area contributed by atoms with Crippen molar-refractivity contribution < 1.29 is 4.79 Å². The Kier molecular flexibility index (Phi) is 7.93. The van der Waals surface area contributed by atoms with E-state index in [0.29, 0.717) is 5.91 Å². The van der Waals surface area contributed by atoms with Crippen LogP contribution in [0.5, 0.6) is 0 Å². The molecule has 0 aromatic carbocycles. The molecule has 0 spiro atoms. The van der Waals surface area contributed by atoms with Gasteiger partial charge in [-0.2, -0.15) is 0 Å². The van der Waals surface area contributed by atoms with Crippen LogP contribution in [-0.4, -0.2) is 55.1 Å². The first kappa shape index (κ1) is 19.0. The van der Waals surface area contributed by atoms with Gasteiger partial charge in [-0.1, -0.05) is 6.07 Å². The van der Waals surface area contributed by atoms with Gasteiger partial charge in [0.1, 0.15) is 5.82 Å². The van der Waals surface area contributed by atoms with E-state index in [4.69, 9.17) is 0 Å². The van der Waals surface area contributed by atoms with Gasteiger partial charge in [0.25, 0.3) is 0 Å². The molecule has 0 radical (unpaired) electrons. The molecule has 0 bridgehead atoms. The van der Waals surface area contributed by atoms with Crippen LogP contribution in [0.4, 0.5) is 5.82 Å². The second kappa shape index (κ2) is 9.18. The van der Waals surface area contributed by atoms with E-state index in [9.17, 15) is 4.79 Å². The number of amides is 1. The molecule has 0 saturated carbocycles. The van der Waals surface area contributed by atoms with Gasteiger partial charge in [-0.3, -0.25) is 4.79 Å². The SMILES string of the molecule is Cl.Cl.O=C([C@@H]1CCCNC1)N1CCN(c2ccccn2)CC1. The predicted octanol–water partition coefficient (Wildman–Crippen LogP) is 1.57. The molecule has 2 aliphatic heterocycles. The van der Waals surface area contributed by atoms with Gasteiger partial charge in [0.05, 0.1) is 5.92 Å². The normalized spacial score (nSPS) is 21.5. The van der Waals surface area contributed by atoms with Crippen LogP contribution in [0.25, 0.3) is 0 Å². The Balaban J connectivity index is 0.00000121. The van der Waals surface area contributed by atoms with Crippen molar-refractivity contribution in [1.29, 1.82) is 0 Å². The summed E-state index contributed by atoms with van der Waals surface area (Å²) in [5.41, 5.74) is 0. The molecule has 2 fully saturated rings. The van der Waals surface area contributed by atoms with Crippen molar-refractivity contribution in [3.63, 3.8) is 0 Å². The van der Waals surface area contributed by atoms with Crippen molar-refractivity contribution in [2.45, 2.75) is 12.8 Å². The summed E-state index contributed by atoms with van der Waals surface area (Å²) in [4.78, 5) is 21.1. The van der Waals surface area contributed by atoms with Crippen molar-refractivity contribution in [3.05, 3.63) is 24.4 Å². The highest BCUT2D eigenvalue weighted by Crippen LogP contribution is 2.17. The fourth-order valence-electron chi connectivity index (χ4n) is 3.02. The van der Waals surface area contributed by atoms with Crippen LogP contribution in [0.1, 0.15) is 12.8 Å². The van der Waals surface area contributed by atoms with Crippen LogP contribution < -0.4 is 10.2 Å². The number of carbonyl (C=O) groups excluding carboxylic acids is 1. The number of hydrogen-bond acceptors (Lipinski definition) is 4. The van der Waals surface area contributed by atoms with Crippen LogP contribution in [-0.2, 0) is 4.79 Å². The Bertz CT molecular complexity index is 446. The summed E-state index contributed by atoms with van der Waals surface area (Å²) in [5, 5.41) is 3.32. The number of nitrogens with zero attached hydrogens (tertiary/aromatic N) is 3. The van der Waals surface area contributed by atoms with Crippen LogP contribution in [0.3, 0.4) is 0 Å². The Morgan fingerprint density at radius 2 is 1.95 bits per heavy atom. The number of carbonyl (C=O) groups is 1. The summed E-state index contributed by atoms with van der Waals surface area (Å²) in [6.45, 7) is 5.28.